The van der Waals surface area contributed by atoms with Crippen molar-refractivity contribution < 1.29 is 4.79 Å². The molecular formula is C16H15Cl2N3O2. The summed E-state index contributed by atoms with van der Waals surface area (Å²) in [7, 11) is 0. The average molecular weight is 352 g/mol. The van der Waals surface area contributed by atoms with Crippen LogP contribution in [-0.2, 0) is 4.79 Å². The topological polar surface area (TPSA) is 64.0 Å². The van der Waals surface area contributed by atoms with Crippen molar-refractivity contribution in [1.82, 2.24) is 9.78 Å². The molecule has 1 N–H and O–H groups in total. The van der Waals surface area contributed by atoms with E-state index in [4.69, 9.17) is 23.2 Å². The van der Waals surface area contributed by atoms with Crippen molar-refractivity contribution in [1.29, 1.82) is 0 Å². The molecule has 1 unspecified atom stereocenters. The maximum absolute atomic E-state index is 12.4. The number of amides is 1. The van der Waals surface area contributed by atoms with Crippen LogP contribution in [0, 0.1) is 0 Å². The van der Waals surface area contributed by atoms with Gasteiger partial charge >= 0.3 is 0 Å². The average Bonchev–Trinajstić information content (AvgIpc) is 3.35. The molecule has 1 aliphatic carbocycles. The van der Waals surface area contributed by atoms with Crippen molar-refractivity contribution in [2.24, 2.45) is 0 Å². The fourth-order valence-corrected chi connectivity index (χ4v) is 2.54. The summed E-state index contributed by atoms with van der Waals surface area (Å²) >= 11 is 11.8. The van der Waals surface area contributed by atoms with Crippen LogP contribution in [0.5, 0.6) is 0 Å². The summed E-state index contributed by atoms with van der Waals surface area (Å²) in [5.41, 5.74) is 1.08. The zero-order valence-electron chi connectivity index (χ0n) is 12.4. The van der Waals surface area contributed by atoms with E-state index in [1.807, 2.05) is 0 Å². The highest BCUT2D eigenvalue weighted by Crippen LogP contribution is 2.38. The van der Waals surface area contributed by atoms with Gasteiger partial charge in [0, 0.05) is 17.7 Å². The molecule has 1 aromatic heterocycles. The molecule has 120 valence electrons. The first-order valence-corrected chi connectivity index (χ1v) is 8.07. The third-order valence-electron chi connectivity index (χ3n) is 3.77. The zero-order chi connectivity index (χ0) is 16.6. The summed E-state index contributed by atoms with van der Waals surface area (Å²) in [5, 5.41) is 7.80. The first-order chi connectivity index (χ1) is 11.0. The lowest BCUT2D eigenvalue weighted by Gasteiger charge is -2.15. The van der Waals surface area contributed by atoms with Gasteiger partial charge in [0.25, 0.3) is 5.56 Å². The molecule has 0 saturated heterocycles. The summed E-state index contributed by atoms with van der Waals surface area (Å²) < 4.78 is 1.22. The minimum Gasteiger partial charge on any atom is -0.324 e. The van der Waals surface area contributed by atoms with E-state index in [2.05, 4.69) is 10.4 Å². The van der Waals surface area contributed by atoms with Gasteiger partial charge in [-0.3, -0.25) is 9.59 Å². The van der Waals surface area contributed by atoms with Crippen LogP contribution in [0.2, 0.25) is 10.0 Å². The molecule has 2 aromatic rings. The molecule has 23 heavy (non-hydrogen) atoms. The standard InChI is InChI=1S/C16H15Cl2N3O2/c1-9(16(23)19-11-4-5-12(17)13(18)8-11)21-15(22)7-6-14(20-21)10-2-3-10/h4-10H,2-3H2,1H3,(H,19,23). The van der Waals surface area contributed by atoms with Crippen LogP contribution in [-0.4, -0.2) is 15.7 Å². The number of carbonyl (C=O) groups excluding carboxylic acids is 1. The molecule has 1 amide bonds. The quantitative estimate of drug-likeness (QED) is 0.914. The Bertz CT molecular complexity index is 815. The Morgan fingerprint density at radius 2 is 2.00 bits per heavy atom. The van der Waals surface area contributed by atoms with Gasteiger partial charge in [-0.15, -0.1) is 0 Å². The highest BCUT2D eigenvalue weighted by Gasteiger charge is 2.27. The number of hydrogen-bond donors (Lipinski definition) is 1. The van der Waals surface area contributed by atoms with Gasteiger partial charge in [0.15, 0.2) is 0 Å². The maximum atomic E-state index is 12.4. The highest BCUT2D eigenvalue weighted by atomic mass is 35.5. The molecule has 0 radical (unpaired) electrons. The third kappa shape index (κ3) is 3.57. The van der Waals surface area contributed by atoms with Gasteiger partial charge in [-0.05, 0) is 44.0 Å². The van der Waals surface area contributed by atoms with Gasteiger partial charge in [-0.25, -0.2) is 4.68 Å². The minimum absolute atomic E-state index is 0.300. The van der Waals surface area contributed by atoms with E-state index in [1.54, 1.807) is 31.2 Å². The molecule has 7 heteroatoms. The van der Waals surface area contributed by atoms with Gasteiger partial charge in [0.1, 0.15) is 6.04 Å². The third-order valence-corrected chi connectivity index (χ3v) is 4.51. The molecule has 0 spiro atoms. The lowest BCUT2D eigenvalue weighted by Crippen LogP contribution is -2.33. The Morgan fingerprint density at radius 3 is 2.65 bits per heavy atom. The summed E-state index contributed by atoms with van der Waals surface area (Å²) in [6.45, 7) is 1.64. The van der Waals surface area contributed by atoms with Gasteiger partial charge in [-0.1, -0.05) is 23.2 Å². The lowest BCUT2D eigenvalue weighted by molar-refractivity contribution is -0.119. The number of anilines is 1. The summed E-state index contributed by atoms with van der Waals surface area (Å²) in [6.07, 6.45) is 2.16. The van der Waals surface area contributed by atoms with Gasteiger partial charge in [0.05, 0.1) is 15.7 Å². The van der Waals surface area contributed by atoms with E-state index in [-0.39, 0.29) is 11.5 Å². The predicted molar refractivity (Wildman–Crippen MR) is 90.3 cm³/mol. The Hall–Kier alpha value is -1.85. The number of nitrogens with one attached hydrogen (secondary N) is 1. The molecule has 5 nitrogen and oxygen atoms in total. The van der Waals surface area contributed by atoms with Gasteiger partial charge < -0.3 is 5.32 Å². The Morgan fingerprint density at radius 1 is 1.26 bits per heavy atom. The summed E-state index contributed by atoms with van der Waals surface area (Å²) in [4.78, 5) is 24.4. The smallest absolute Gasteiger partial charge is 0.267 e. The Labute approximate surface area is 143 Å². The number of aromatic nitrogens is 2. The highest BCUT2D eigenvalue weighted by molar-refractivity contribution is 6.42. The molecule has 1 atom stereocenters. The lowest BCUT2D eigenvalue weighted by atomic mass is 10.2. The minimum atomic E-state index is -0.726. The second-order valence-corrected chi connectivity index (χ2v) is 6.42. The van der Waals surface area contributed by atoms with Crippen molar-refractivity contribution in [3.63, 3.8) is 0 Å². The fourth-order valence-electron chi connectivity index (χ4n) is 2.25. The number of hydrogen-bond acceptors (Lipinski definition) is 3. The Balaban J connectivity index is 1.80. The van der Waals surface area contributed by atoms with Crippen molar-refractivity contribution in [2.45, 2.75) is 31.7 Å². The molecule has 1 fully saturated rings. The number of halogens is 2. The van der Waals surface area contributed by atoms with Crippen molar-refractivity contribution >= 4 is 34.8 Å². The van der Waals surface area contributed by atoms with Crippen molar-refractivity contribution in [3.05, 3.63) is 56.4 Å². The van der Waals surface area contributed by atoms with Crippen molar-refractivity contribution in [2.75, 3.05) is 5.32 Å². The zero-order valence-corrected chi connectivity index (χ0v) is 13.9. The molecule has 3 rings (SSSR count). The Kier molecular flexibility index (Phi) is 4.41. The monoisotopic (exact) mass is 351 g/mol. The van der Waals surface area contributed by atoms with Gasteiger partial charge in [-0.2, -0.15) is 5.10 Å². The SMILES string of the molecule is CC(C(=O)Nc1ccc(Cl)c(Cl)c1)n1nc(C2CC2)ccc1=O. The molecular weight excluding hydrogens is 337 g/mol. The van der Waals surface area contributed by atoms with Crippen LogP contribution in [0.25, 0.3) is 0 Å². The second kappa shape index (κ2) is 6.34. The number of carbonyl (C=O) groups is 1. The van der Waals surface area contributed by atoms with Crippen LogP contribution in [0.15, 0.2) is 35.1 Å². The van der Waals surface area contributed by atoms with Crippen LogP contribution in [0.4, 0.5) is 5.69 Å². The largest absolute Gasteiger partial charge is 0.324 e. The van der Waals surface area contributed by atoms with E-state index in [0.29, 0.717) is 21.7 Å². The van der Waals surface area contributed by atoms with E-state index >= 15 is 0 Å². The maximum Gasteiger partial charge on any atom is 0.267 e. The molecule has 1 aromatic carbocycles. The van der Waals surface area contributed by atoms with E-state index in [1.165, 1.54) is 10.7 Å². The number of nitrogens with zero attached hydrogens (tertiary/aromatic N) is 2. The van der Waals surface area contributed by atoms with Crippen molar-refractivity contribution in [3.8, 4) is 0 Å². The molecule has 1 heterocycles. The van der Waals surface area contributed by atoms with Crippen LogP contribution in [0.1, 0.15) is 37.4 Å². The normalized spacial score (nSPS) is 15.3. The molecule has 0 bridgehead atoms. The fraction of sp³-hybridized carbons (Fsp3) is 0.312. The molecule has 1 aliphatic rings. The summed E-state index contributed by atoms with van der Waals surface area (Å²) in [6, 6.07) is 7.28. The van der Waals surface area contributed by atoms with Crippen LogP contribution >= 0.6 is 23.2 Å². The van der Waals surface area contributed by atoms with Crippen LogP contribution in [0.3, 0.4) is 0 Å². The molecule has 0 aliphatic heterocycles. The number of rotatable bonds is 4. The van der Waals surface area contributed by atoms with E-state index in [9.17, 15) is 9.59 Å². The summed E-state index contributed by atoms with van der Waals surface area (Å²) in [5.74, 6) is 0.0677. The molecule has 1 saturated carbocycles. The second-order valence-electron chi connectivity index (χ2n) is 5.61. The first kappa shape index (κ1) is 16.0. The number of benzene rings is 1. The van der Waals surface area contributed by atoms with E-state index < -0.39 is 6.04 Å². The first-order valence-electron chi connectivity index (χ1n) is 7.31. The van der Waals surface area contributed by atoms with E-state index in [0.717, 1.165) is 18.5 Å². The predicted octanol–water partition coefficient (Wildman–Crippen LogP) is 3.63. The van der Waals surface area contributed by atoms with Gasteiger partial charge in [0.2, 0.25) is 5.91 Å². The van der Waals surface area contributed by atoms with Crippen LogP contribution < -0.4 is 10.9 Å².